The molecule has 0 bridgehead atoms. The van der Waals surface area contributed by atoms with Crippen molar-refractivity contribution in [2.75, 3.05) is 32.7 Å². The van der Waals surface area contributed by atoms with Crippen LogP contribution in [0.1, 0.15) is 64.7 Å². The van der Waals surface area contributed by atoms with Crippen molar-refractivity contribution in [1.82, 2.24) is 9.80 Å². The van der Waals surface area contributed by atoms with Gasteiger partial charge in [0.15, 0.2) is 0 Å². The van der Waals surface area contributed by atoms with Crippen LogP contribution in [-0.2, 0) is 0 Å². The summed E-state index contributed by atoms with van der Waals surface area (Å²) in [5.41, 5.74) is 6.70. The molecule has 3 fully saturated rings. The third-order valence-electron chi connectivity index (χ3n) is 6.69. The van der Waals surface area contributed by atoms with Gasteiger partial charge < -0.3 is 10.6 Å². The largest absolute Gasteiger partial charge is 0.329 e. The molecule has 1 unspecified atom stereocenters. The second kappa shape index (κ2) is 6.97. The van der Waals surface area contributed by atoms with Crippen molar-refractivity contribution >= 4 is 0 Å². The smallest absolute Gasteiger partial charge is 0.0347 e. The molecule has 3 aliphatic rings. The molecule has 122 valence electrons. The van der Waals surface area contributed by atoms with E-state index in [1.165, 1.54) is 84.0 Å². The van der Waals surface area contributed by atoms with Crippen LogP contribution in [0, 0.1) is 5.92 Å². The predicted molar refractivity (Wildman–Crippen MR) is 89.4 cm³/mol. The van der Waals surface area contributed by atoms with Crippen molar-refractivity contribution < 1.29 is 0 Å². The van der Waals surface area contributed by atoms with Crippen LogP contribution in [-0.4, -0.2) is 54.1 Å². The van der Waals surface area contributed by atoms with Gasteiger partial charge in [-0.05, 0) is 77.0 Å². The van der Waals surface area contributed by atoms with E-state index in [0.717, 1.165) is 18.5 Å². The van der Waals surface area contributed by atoms with Gasteiger partial charge in [-0.25, -0.2) is 0 Å². The fraction of sp³-hybridized carbons (Fsp3) is 1.00. The third-order valence-corrected chi connectivity index (χ3v) is 6.69. The SMILES string of the molecule is CCN1CCCC(CN)(N2CCC[C@H]3CCCC[C@H]32)CC1. The molecule has 3 nitrogen and oxygen atoms in total. The van der Waals surface area contributed by atoms with Gasteiger partial charge in [-0.3, -0.25) is 4.90 Å². The number of rotatable bonds is 3. The Morgan fingerprint density at radius 3 is 2.57 bits per heavy atom. The summed E-state index contributed by atoms with van der Waals surface area (Å²) in [5.74, 6) is 0.974. The van der Waals surface area contributed by atoms with Gasteiger partial charge in [0.1, 0.15) is 0 Å². The predicted octanol–water partition coefficient (Wildman–Crippen LogP) is 2.84. The monoisotopic (exact) mass is 293 g/mol. The van der Waals surface area contributed by atoms with Crippen LogP contribution in [0.4, 0.5) is 0 Å². The standard InChI is InChI=1S/C18H35N3/c1-2-20-12-6-10-18(15-19,11-14-20)21-13-5-8-16-7-3-4-9-17(16)21/h16-17H,2-15,19H2,1H3/t16-,17-,18?/m1/s1. The highest BCUT2D eigenvalue weighted by atomic mass is 15.3. The molecule has 2 heterocycles. The summed E-state index contributed by atoms with van der Waals surface area (Å²) in [6.45, 7) is 8.21. The molecular weight excluding hydrogens is 258 g/mol. The van der Waals surface area contributed by atoms with E-state index in [0.29, 0.717) is 5.54 Å². The normalized spacial score (nSPS) is 39.7. The Kier molecular flexibility index (Phi) is 5.23. The first-order valence-electron chi connectivity index (χ1n) is 9.48. The van der Waals surface area contributed by atoms with Crippen molar-refractivity contribution in [3.8, 4) is 0 Å². The molecule has 2 saturated heterocycles. The minimum atomic E-state index is 0.310. The first kappa shape index (κ1) is 15.8. The van der Waals surface area contributed by atoms with Gasteiger partial charge in [0.25, 0.3) is 0 Å². The lowest BCUT2D eigenvalue weighted by Crippen LogP contribution is -2.62. The number of piperidine rings is 1. The molecule has 1 aliphatic carbocycles. The lowest BCUT2D eigenvalue weighted by Gasteiger charge is -2.53. The summed E-state index contributed by atoms with van der Waals surface area (Å²) < 4.78 is 0. The number of nitrogens with two attached hydrogens (primary N) is 1. The fourth-order valence-electron chi connectivity index (χ4n) is 5.37. The van der Waals surface area contributed by atoms with Gasteiger partial charge in [-0.1, -0.05) is 19.8 Å². The van der Waals surface area contributed by atoms with E-state index in [-0.39, 0.29) is 0 Å². The van der Waals surface area contributed by atoms with Crippen molar-refractivity contribution in [3.05, 3.63) is 0 Å². The fourth-order valence-corrected chi connectivity index (χ4v) is 5.37. The lowest BCUT2D eigenvalue weighted by atomic mass is 9.74. The molecule has 0 amide bonds. The highest BCUT2D eigenvalue weighted by Crippen LogP contribution is 2.41. The summed E-state index contributed by atoms with van der Waals surface area (Å²) in [6, 6.07) is 0.851. The molecular formula is C18H35N3. The molecule has 3 rings (SSSR count). The molecule has 0 aromatic rings. The van der Waals surface area contributed by atoms with E-state index in [1.54, 1.807) is 0 Å². The second-order valence-corrected chi connectivity index (χ2v) is 7.66. The molecule has 0 aromatic carbocycles. The van der Waals surface area contributed by atoms with E-state index in [1.807, 2.05) is 0 Å². The average Bonchev–Trinajstić information content (AvgIpc) is 2.77. The summed E-state index contributed by atoms with van der Waals surface area (Å²) in [4.78, 5) is 5.54. The topological polar surface area (TPSA) is 32.5 Å². The van der Waals surface area contributed by atoms with Gasteiger partial charge in [0, 0.05) is 18.1 Å². The van der Waals surface area contributed by atoms with Crippen molar-refractivity contribution in [2.24, 2.45) is 11.7 Å². The lowest BCUT2D eigenvalue weighted by molar-refractivity contribution is -0.0327. The van der Waals surface area contributed by atoms with Crippen molar-refractivity contribution in [3.63, 3.8) is 0 Å². The molecule has 1 saturated carbocycles. The van der Waals surface area contributed by atoms with Gasteiger partial charge in [-0.15, -0.1) is 0 Å². The van der Waals surface area contributed by atoms with Gasteiger partial charge >= 0.3 is 0 Å². The van der Waals surface area contributed by atoms with E-state index in [9.17, 15) is 0 Å². The minimum Gasteiger partial charge on any atom is -0.329 e. The Hall–Kier alpha value is -0.120. The number of hydrogen-bond donors (Lipinski definition) is 1. The summed E-state index contributed by atoms with van der Waals surface area (Å²) in [5, 5.41) is 0. The quantitative estimate of drug-likeness (QED) is 0.868. The third kappa shape index (κ3) is 3.16. The second-order valence-electron chi connectivity index (χ2n) is 7.66. The van der Waals surface area contributed by atoms with Gasteiger partial charge in [-0.2, -0.15) is 0 Å². The van der Waals surface area contributed by atoms with Crippen molar-refractivity contribution in [2.45, 2.75) is 76.3 Å². The molecule has 3 atom stereocenters. The molecule has 3 heteroatoms. The van der Waals surface area contributed by atoms with Crippen molar-refractivity contribution in [1.29, 1.82) is 0 Å². The molecule has 2 N–H and O–H groups in total. The Morgan fingerprint density at radius 2 is 1.76 bits per heavy atom. The Bertz CT molecular complexity index is 330. The summed E-state index contributed by atoms with van der Waals surface area (Å²) >= 11 is 0. The summed E-state index contributed by atoms with van der Waals surface area (Å²) in [7, 11) is 0. The maximum atomic E-state index is 6.39. The van der Waals surface area contributed by atoms with Crippen LogP contribution in [0.25, 0.3) is 0 Å². The molecule has 0 aromatic heterocycles. The van der Waals surface area contributed by atoms with Crippen LogP contribution in [0.2, 0.25) is 0 Å². The van der Waals surface area contributed by atoms with E-state index >= 15 is 0 Å². The Labute approximate surface area is 131 Å². The van der Waals surface area contributed by atoms with E-state index in [2.05, 4.69) is 16.7 Å². The number of nitrogens with zero attached hydrogens (tertiary/aromatic N) is 2. The van der Waals surface area contributed by atoms with Gasteiger partial charge in [0.05, 0.1) is 0 Å². The molecule has 0 radical (unpaired) electrons. The van der Waals surface area contributed by atoms with Crippen LogP contribution < -0.4 is 5.73 Å². The first-order chi connectivity index (χ1) is 10.3. The van der Waals surface area contributed by atoms with Gasteiger partial charge in [0.2, 0.25) is 0 Å². The highest BCUT2D eigenvalue weighted by Gasteiger charge is 2.44. The zero-order valence-corrected chi connectivity index (χ0v) is 14.0. The Morgan fingerprint density at radius 1 is 0.952 bits per heavy atom. The van der Waals surface area contributed by atoms with Crippen LogP contribution in [0.15, 0.2) is 0 Å². The summed E-state index contributed by atoms with van der Waals surface area (Å²) in [6.07, 6.45) is 12.6. The van der Waals surface area contributed by atoms with Crippen LogP contribution in [0.3, 0.4) is 0 Å². The minimum absolute atomic E-state index is 0.310. The molecule has 21 heavy (non-hydrogen) atoms. The maximum Gasteiger partial charge on any atom is 0.0347 e. The zero-order valence-electron chi connectivity index (χ0n) is 14.0. The highest BCUT2D eigenvalue weighted by molar-refractivity contribution is 5.01. The maximum absolute atomic E-state index is 6.39. The number of likely N-dealkylation sites (tertiary alicyclic amines) is 2. The first-order valence-corrected chi connectivity index (χ1v) is 9.48. The zero-order chi connectivity index (χ0) is 14.7. The number of hydrogen-bond acceptors (Lipinski definition) is 3. The van der Waals surface area contributed by atoms with Crippen LogP contribution in [0.5, 0.6) is 0 Å². The number of fused-ring (bicyclic) bond motifs is 1. The molecule has 2 aliphatic heterocycles. The van der Waals surface area contributed by atoms with E-state index < -0.39 is 0 Å². The average molecular weight is 293 g/mol. The Balaban J connectivity index is 1.77. The molecule has 0 spiro atoms. The van der Waals surface area contributed by atoms with E-state index in [4.69, 9.17) is 5.73 Å². The van der Waals surface area contributed by atoms with Crippen LogP contribution >= 0.6 is 0 Å².